The lowest BCUT2D eigenvalue weighted by atomic mass is 10.4. The number of hydrogen-bond donors (Lipinski definition) is 1. The Labute approximate surface area is 96.3 Å². The first-order chi connectivity index (χ1) is 7.66. The van der Waals surface area contributed by atoms with E-state index in [0.717, 1.165) is 0 Å². The molecule has 0 spiro atoms. The van der Waals surface area contributed by atoms with Crippen LogP contribution >= 0.6 is 11.3 Å². The molecule has 6 nitrogen and oxygen atoms in total. The topological polar surface area (TPSA) is 72.7 Å². The lowest BCUT2D eigenvalue weighted by molar-refractivity contribution is 0.102. The fraction of sp³-hybridized carbons (Fsp3) is 0.333. The highest BCUT2D eigenvalue weighted by Crippen LogP contribution is 2.10. The van der Waals surface area contributed by atoms with Crippen LogP contribution in [0.1, 0.15) is 30.4 Å². The first-order valence-corrected chi connectivity index (χ1v) is 5.67. The zero-order chi connectivity index (χ0) is 11.5. The van der Waals surface area contributed by atoms with Crippen LogP contribution in [-0.2, 0) is 0 Å². The SMILES string of the molecule is CC(C)n1ccc(C(=O)Nc2nncs2)n1. The molecule has 0 radical (unpaired) electrons. The van der Waals surface area contributed by atoms with E-state index >= 15 is 0 Å². The summed E-state index contributed by atoms with van der Waals surface area (Å²) in [5.74, 6) is -0.267. The summed E-state index contributed by atoms with van der Waals surface area (Å²) in [4.78, 5) is 11.7. The average molecular weight is 237 g/mol. The van der Waals surface area contributed by atoms with Gasteiger partial charge in [-0.3, -0.25) is 14.8 Å². The summed E-state index contributed by atoms with van der Waals surface area (Å²) < 4.78 is 1.73. The largest absolute Gasteiger partial charge is 0.295 e. The molecule has 84 valence electrons. The fourth-order valence-corrected chi connectivity index (χ4v) is 1.58. The molecule has 2 aromatic rings. The molecule has 0 aliphatic rings. The molecule has 0 aliphatic carbocycles. The Morgan fingerprint density at radius 2 is 2.38 bits per heavy atom. The molecule has 0 bridgehead atoms. The van der Waals surface area contributed by atoms with Crippen molar-refractivity contribution >= 4 is 22.4 Å². The van der Waals surface area contributed by atoms with Gasteiger partial charge in [0.15, 0.2) is 5.69 Å². The number of rotatable bonds is 3. The third kappa shape index (κ3) is 2.25. The van der Waals surface area contributed by atoms with Gasteiger partial charge in [-0.25, -0.2) is 0 Å². The number of anilines is 1. The van der Waals surface area contributed by atoms with Gasteiger partial charge in [-0.15, -0.1) is 10.2 Å². The minimum absolute atomic E-state index is 0.239. The van der Waals surface area contributed by atoms with Gasteiger partial charge in [-0.2, -0.15) is 5.10 Å². The minimum Gasteiger partial charge on any atom is -0.295 e. The molecule has 7 heteroatoms. The average Bonchev–Trinajstić information content (AvgIpc) is 2.86. The van der Waals surface area contributed by atoms with Crippen molar-refractivity contribution in [1.29, 1.82) is 0 Å². The molecule has 2 aromatic heterocycles. The number of amides is 1. The van der Waals surface area contributed by atoms with Gasteiger partial charge in [-0.05, 0) is 19.9 Å². The highest BCUT2D eigenvalue weighted by Gasteiger charge is 2.11. The second kappa shape index (κ2) is 4.40. The summed E-state index contributed by atoms with van der Waals surface area (Å²) in [5, 5.41) is 14.6. The predicted octanol–water partition coefficient (Wildman–Crippen LogP) is 1.57. The van der Waals surface area contributed by atoms with Gasteiger partial charge in [0.2, 0.25) is 5.13 Å². The summed E-state index contributed by atoms with van der Waals surface area (Å²) in [6, 6.07) is 1.92. The van der Waals surface area contributed by atoms with E-state index in [4.69, 9.17) is 0 Å². The molecule has 0 atom stereocenters. The van der Waals surface area contributed by atoms with E-state index in [1.165, 1.54) is 11.3 Å². The highest BCUT2D eigenvalue weighted by atomic mass is 32.1. The summed E-state index contributed by atoms with van der Waals surface area (Å²) in [7, 11) is 0. The van der Waals surface area contributed by atoms with E-state index in [2.05, 4.69) is 20.6 Å². The predicted molar refractivity (Wildman–Crippen MR) is 60.5 cm³/mol. The maximum absolute atomic E-state index is 11.7. The third-order valence-electron chi connectivity index (χ3n) is 1.95. The number of aromatic nitrogens is 4. The van der Waals surface area contributed by atoms with Gasteiger partial charge in [-0.1, -0.05) is 11.3 Å². The molecule has 0 unspecified atom stereocenters. The molecule has 0 aliphatic heterocycles. The smallest absolute Gasteiger partial charge is 0.277 e. The van der Waals surface area contributed by atoms with Gasteiger partial charge in [0.05, 0.1) is 0 Å². The number of carbonyl (C=O) groups is 1. The fourth-order valence-electron chi connectivity index (χ4n) is 1.14. The molecule has 1 N–H and O–H groups in total. The van der Waals surface area contributed by atoms with Crippen molar-refractivity contribution in [3.63, 3.8) is 0 Å². The van der Waals surface area contributed by atoms with Crippen LogP contribution in [-0.4, -0.2) is 25.9 Å². The number of nitrogens with one attached hydrogen (secondary N) is 1. The number of hydrogen-bond acceptors (Lipinski definition) is 5. The number of carbonyl (C=O) groups excluding carboxylic acids is 1. The molecule has 0 fully saturated rings. The molecule has 0 saturated heterocycles. The zero-order valence-electron chi connectivity index (χ0n) is 8.91. The molecular formula is C9H11N5OS. The molecule has 2 rings (SSSR count). The van der Waals surface area contributed by atoms with Gasteiger partial charge >= 0.3 is 0 Å². The zero-order valence-corrected chi connectivity index (χ0v) is 9.73. The maximum Gasteiger partial charge on any atom is 0.277 e. The lowest BCUT2D eigenvalue weighted by Crippen LogP contribution is -2.13. The number of nitrogens with zero attached hydrogens (tertiary/aromatic N) is 4. The Morgan fingerprint density at radius 1 is 1.56 bits per heavy atom. The van der Waals surface area contributed by atoms with Gasteiger partial charge in [0, 0.05) is 12.2 Å². The van der Waals surface area contributed by atoms with Crippen molar-refractivity contribution in [2.45, 2.75) is 19.9 Å². The Bertz CT molecular complexity index is 476. The summed E-state index contributed by atoms with van der Waals surface area (Å²) in [6.07, 6.45) is 1.78. The van der Waals surface area contributed by atoms with E-state index in [0.29, 0.717) is 10.8 Å². The molecule has 0 saturated carbocycles. The highest BCUT2D eigenvalue weighted by molar-refractivity contribution is 7.13. The van der Waals surface area contributed by atoms with Crippen molar-refractivity contribution in [1.82, 2.24) is 20.0 Å². The van der Waals surface area contributed by atoms with Crippen LogP contribution in [0.15, 0.2) is 17.8 Å². The van der Waals surface area contributed by atoms with Crippen LogP contribution in [0, 0.1) is 0 Å². The standard InChI is InChI=1S/C9H11N5OS/c1-6(2)14-4-3-7(13-14)8(15)11-9-12-10-5-16-9/h3-6H,1-2H3,(H,11,12,15). The van der Waals surface area contributed by atoms with Crippen molar-refractivity contribution in [3.05, 3.63) is 23.5 Å². The van der Waals surface area contributed by atoms with E-state index in [1.807, 2.05) is 13.8 Å². The Morgan fingerprint density at radius 3 is 2.94 bits per heavy atom. The summed E-state index contributed by atoms with van der Waals surface area (Å²) in [5.41, 5.74) is 1.94. The van der Waals surface area contributed by atoms with Crippen LogP contribution in [0.25, 0.3) is 0 Å². The third-order valence-corrected chi connectivity index (χ3v) is 2.56. The van der Waals surface area contributed by atoms with Gasteiger partial charge in [0.1, 0.15) is 5.51 Å². The molecule has 1 amide bonds. The van der Waals surface area contributed by atoms with Crippen LogP contribution in [0.4, 0.5) is 5.13 Å². The Balaban J connectivity index is 2.09. The van der Waals surface area contributed by atoms with E-state index in [9.17, 15) is 4.79 Å². The first kappa shape index (κ1) is 10.7. The Hall–Kier alpha value is -1.76. The van der Waals surface area contributed by atoms with Crippen LogP contribution in [0.5, 0.6) is 0 Å². The van der Waals surface area contributed by atoms with E-state index < -0.39 is 0 Å². The van der Waals surface area contributed by atoms with E-state index in [-0.39, 0.29) is 11.9 Å². The van der Waals surface area contributed by atoms with Crippen molar-refractivity contribution < 1.29 is 4.79 Å². The van der Waals surface area contributed by atoms with Gasteiger partial charge < -0.3 is 0 Å². The van der Waals surface area contributed by atoms with Crippen LogP contribution < -0.4 is 5.32 Å². The monoisotopic (exact) mass is 237 g/mol. The second-order valence-corrected chi connectivity index (χ2v) is 4.31. The molecule has 16 heavy (non-hydrogen) atoms. The van der Waals surface area contributed by atoms with Crippen LogP contribution in [0.3, 0.4) is 0 Å². The van der Waals surface area contributed by atoms with Crippen LogP contribution in [0.2, 0.25) is 0 Å². The summed E-state index contributed by atoms with van der Waals surface area (Å²) in [6.45, 7) is 4.00. The summed E-state index contributed by atoms with van der Waals surface area (Å²) >= 11 is 1.27. The minimum atomic E-state index is -0.267. The van der Waals surface area contributed by atoms with Crippen molar-refractivity contribution in [2.24, 2.45) is 0 Å². The van der Waals surface area contributed by atoms with Gasteiger partial charge in [0.25, 0.3) is 5.91 Å². The Kier molecular flexibility index (Phi) is 2.95. The lowest BCUT2D eigenvalue weighted by Gasteiger charge is -2.03. The van der Waals surface area contributed by atoms with E-state index in [1.54, 1.807) is 22.5 Å². The van der Waals surface area contributed by atoms with Crippen molar-refractivity contribution in [3.8, 4) is 0 Å². The molecule has 0 aromatic carbocycles. The molecule has 2 heterocycles. The first-order valence-electron chi connectivity index (χ1n) is 4.79. The quantitative estimate of drug-likeness (QED) is 0.879. The maximum atomic E-state index is 11.7. The normalized spacial score (nSPS) is 10.7. The molecular weight excluding hydrogens is 226 g/mol. The second-order valence-electron chi connectivity index (χ2n) is 3.47. The van der Waals surface area contributed by atoms with Crippen molar-refractivity contribution in [2.75, 3.05) is 5.32 Å².